The van der Waals surface area contributed by atoms with E-state index in [1.807, 2.05) is 11.0 Å². The Kier molecular flexibility index (Phi) is 7.66. The average molecular weight is 610 g/mol. The highest BCUT2D eigenvalue weighted by atomic mass is 35.5. The van der Waals surface area contributed by atoms with Crippen molar-refractivity contribution in [2.24, 2.45) is 0 Å². The minimum atomic E-state index is -3.90. The van der Waals surface area contributed by atoms with Gasteiger partial charge in [-0.25, -0.2) is 8.42 Å². The number of anilines is 2. The summed E-state index contributed by atoms with van der Waals surface area (Å²) in [6, 6.07) is 17.2. The van der Waals surface area contributed by atoms with Crippen molar-refractivity contribution in [2.45, 2.75) is 17.9 Å². The molecular weight excluding hydrogens is 587 g/mol. The molecule has 8 nitrogen and oxygen atoms in total. The molecule has 0 unspecified atom stereocenters. The van der Waals surface area contributed by atoms with E-state index in [1.165, 1.54) is 40.7 Å². The van der Waals surface area contributed by atoms with Crippen molar-refractivity contribution in [2.75, 3.05) is 36.4 Å². The van der Waals surface area contributed by atoms with Crippen LogP contribution in [0.25, 0.3) is 11.0 Å². The van der Waals surface area contributed by atoms with Crippen molar-refractivity contribution >= 4 is 61.5 Å². The number of ether oxygens (including phenoxy) is 1. The van der Waals surface area contributed by atoms with E-state index in [0.717, 1.165) is 5.69 Å². The minimum Gasteiger partial charge on any atom is -0.451 e. The molecule has 0 saturated carbocycles. The fourth-order valence-electron chi connectivity index (χ4n) is 4.50. The van der Waals surface area contributed by atoms with E-state index in [9.17, 15) is 22.0 Å². The third kappa shape index (κ3) is 5.87. The first-order valence-corrected chi connectivity index (χ1v) is 14.3. The van der Waals surface area contributed by atoms with Crippen molar-refractivity contribution < 1.29 is 31.1 Å². The van der Waals surface area contributed by atoms with E-state index < -0.39 is 22.0 Å². The first-order chi connectivity index (χ1) is 18.9. The van der Waals surface area contributed by atoms with Crippen LogP contribution in [0.5, 0.6) is 5.75 Å². The smallest absolute Gasteiger partial charge is 0.394 e. The number of carbonyl (C=O) groups excluding carboxylic acids is 1. The number of rotatable bonds is 7. The molecule has 1 saturated heterocycles. The second-order valence-corrected chi connectivity index (χ2v) is 11.8. The summed E-state index contributed by atoms with van der Waals surface area (Å²) in [6.07, 6.45) is -3.37. The molecule has 1 N–H and O–H groups in total. The molecule has 1 aliphatic rings. The van der Waals surface area contributed by atoms with Gasteiger partial charge in [0.25, 0.3) is 5.91 Å². The number of sulfonamides is 1. The highest BCUT2D eigenvalue weighted by molar-refractivity contribution is 7.89. The molecule has 3 aromatic carbocycles. The van der Waals surface area contributed by atoms with Gasteiger partial charge in [-0.1, -0.05) is 41.4 Å². The van der Waals surface area contributed by atoms with Gasteiger partial charge in [0.15, 0.2) is 5.76 Å². The number of carbonyl (C=O) groups is 1. The first-order valence-electron chi connectivity index (χ1n) is 12.1. The lowest BCUT2D eigenvalue weighted by Gasteiger charge is -2.35. The van der Waals surface area contributed by atoms with Crippen molar-refractivity contribution in [3.05, 3.63) is 82.5 Å². The summed E-state index contributed by atoms with van der Waals surface area (Å²) >= 11 is 12.3. The van der Waals surface area contributed by atoms with Gasteiger partial charge in [0.05, 0.1) is 10.0 Å². The Morgan fingerprint density at radius 1 is 0.975 bits per heavy atom. The number of fused-ring (bicyclic) bond motifs is 1. The van der Waals surface area contributed by atoms with Crippen molar-refractivity contribution in [3.8, 4) is 5.75 Å². The summed E-state index contributed by atoms with van der Waals surface area (Å²) in [7, 11) is -3.90. The number of nitrogens with zero attached hydrogens (tertiary/aromatic N) is 2. The van der Waals surface area contributed by atoms with Crippen LogP contribution in [-0.2, 0) is 10.0 Å². The number of hydrogen-bond acceptors (Lipinski definition) is 6. The van der Waals surface area contributed by atoms with E-state index in [2.05, 4.69) is 10.1 Å². The molecule has 5 rings (SSSR count). The lowest BCUT2D eigenvalue weighted by molar-refractivity contribution is -0.158. The summed E-state index contributed by atoms with van der Waals surface area (Å²) in [5, 5.41) is 3.42. The number of amides is 1. The number of furan rings is 1. The minimum absolute atomic E-state index is 0.0177. The van der Waals surface area contributed by atoms with Crippen molar-refractivity contribution in [1.29, 1.82) is 0 Å². The van der Waals surface area contributed by atoms with Gasteiger partial charge in [-0.05, 0) is 42.5 Å². The standard InChI is InChI=1S/C27H23Cl2F2N3O5S/c1-27(30,31)39-18-6-2-5-17(15-18)32-26(35)24-16-19-22(9-4-10-23(19)38-24)33-11-13-34(14-12-33)40(36,37)25-20(28)7-3-8-21(25)29/h2-10,15-16H,11-14H2,1H3,(H,32,35). The van der Waals surface area contributed by atoms with E-state index in [1.54, 1.807) is 24.3 Å². The van der Waals surface area contributed by atoms with Gasteiger partial charge in [-0.3, -0.25) is 4.79 Å². The molecule has 1 aliphatic heterocycles. The van der Waals surface area contributed by atoms with Gasteiger partial charge in [-0.2, -0.15) is 13.1 Å². The number of nitrogens with one attached hydrogen (secondary N) is 1. The normalized spacial score (nSPS) is 14.9. The monoisotopic (exact) mass is 609 g/mol. The highest BCUT2D eigenvalue weighted by Gasteiger charge is 2.32. The van der Waals surface area contributed by atoms with Gasteiger partial charge in [0, 0.05) is 55.9 Å². The molecule has 4 aromatic rings. The van der Waals surface area contributed by atoms with Crippen LogP contribution in [0.3, 0.4) is 0 Å². The molecule has 1 amide bonds. The Hall–Kier alpha value is -3.38. The maximum Gasteiger partial charge on any atom is 0.394 e. The predicted molar refractivity (Wildman–Crippen MR) is 149 cm³/mol. The zero-order valence-electron chi connectivity index (χ0n) is 21.0. The molecule has 40 heavy (non-hydrogen) atoms. The number of halogens is 4. The highest BCUT2D eigenvalue weighted by Crippen LogP contribution is 2.34. The van der Waals surface area contributed by atoms with Gasteiger partial charge >= 0.3 is 6.11 Å². The topological polar surface area (TPSA) is 92.1 Å². The molecule has 0 radical (unpaired) electrons. The Labute approximate surface area is 239 Å². The van der Waals surface area contributed by atoms with Crippen LogP contribution in [0.2, 0.25) is 10.0 Å². The van der Waals surface area contributed by atoms with Crippen molar-refractivity contribution in [1.82, 2.24) is 4.31 Å². The lowest BCUT2D eigenvalue weighted by Crippen LogP contribution is -2.48. The number of alkyl halides is 2. The summed E-state index contributed by atoms with van der Waals surface area (Å²) in [5.74, 6) is -0.658. The third-order valence-corrected chi connectivity index (χ3v) is 9.10. The molecule has 0 atom stereocenters. The quantitative estimate of drug-likeness (QED) is 0.257. The lowest BCUT2D eigenvalue weighted by atomic mass is 10.1. The summed E-state index contributed by atoms with van der Waals surface area (Å²) in [5.41, 5.74) is 1.49. The molecule has 13 heteroatoms. The molecule has 2 heterocycles. The first kappa shape index (κ1) is 28.2. The maximum atomic E-state index is 13.2. The fourth-order valence-corrected chi connectivity index (χ4v) is 7.01. The molecule has 1 aromatic heterocycles. The second-order valence-electron chi connectivity index (χ2n) is 9.13. The zero-order valence-corrected chi connectivity index (χ0v) is 23.4. The third-order valence-electron chi connectivity index (χ3n) is 6.25. The zero-order chi connectivity index (χ0) is 28.7. The van der Waals surface area contributed by atoms with Crippen LogP contribution in [0, 0.1) is 0 Å². The molecule has 210 valence electrons. The molecule has 0 bridgehead atoms. The number of piperazine rings is 1. The van der Waals surface area contributed by atoms with Gasteiger partial charge in [0.1, 0.15) is 16.2 Å². The van der Waals surface area contributed by atoms with Crippen LogP contribution >= 0.6 is 23.2 Å². The van der Waals surface area contributed by atoms with Gasteiger partial charge in [-0.15, -0.1) is 0 Å². The SMILES string of the molecule is CC(F)(F)Oc1cccc(NC(=O)c2cc3c(N4CCN(S(=O)(=O)c5c(Cl)cccc5Cl)CC4)cccc3o2)c1. The Morgan fingerprint density at radius 3 is 2.30 bits per heavy atom. The summed E-state index contributed by atoms with van der Waals surface area (Å²) in [4.78, 5) is 14.8. The fraction of sp³-hybridized carbons (Fsp3) is 0.222. The Bertz CT molecular complexity index is 1660. The average Bonchev–Trinajstić information content (AvgIpc) is 3.33. The summed E-state index contributed by atoms with van der Waals surface area (Å²) in [6.45, 7) is 1.77. The molecule has 1 fully saturated rings. The predicted octanol–water partition coefficient (Wildman–Crippen LogP) is 6.49. The van der Waals surface area contributed by atoms with Crippen LogP contribution in [0.1, 0.15) is 17.5 Å². The summed E-state index contributed by atoms with van der Waals surface area (Å²) < 4.78 is 64.5. The van der Waals surface area contributed by atoms with E-state index in [4.69, 9.17) is 27.6 Å². The van der Waals surface area contributed by atoms with Gasteiger partial charge < -0.3 is 19.4 Å². The van der Waals surface area contributed by atoms with Crippen LogP contribution in [0.15, 0.2) is 76.0 Å². The van der Waals surface area contributed by atoms with E-state index >= 15 is 0 Å². The number of benzene rings is 3. The van der Waals surface area contributed by atoms with E-state index in [-0.39, 0.29) is 45.2 Å². The maximum absolute atomic E-state index is 13.2. The van der Waals surface area contributed by atoms with E-state index in [0.29, 0.717) is 31.0 Å². The molecule has 0 spiro atoms. The second kappa shape index (κ2) is 10.9. The largest absolute Gasteiger partial charge is 0.451 e. The van der Waals surface area contributed by atoms with Crippen LogP contribution < -0.4 is 15.0 Å². The van der Waals surface area contributed by atoms with Crippen LogP contribution in [0.4, 0.5) is 20.2 Å². The van der Waals surface area contributed by atoms with Crippen molar-refractivity contribution in [3.63, 3.8) is 0 Å². The Balaban J connectivity index is 1.32. The molecule has 0 aliphatic carbocycles. The van der Waals surface area contributed by atoms with Gasteiger partial charge in [0.2, 0.25) is 10.0 Å². The molecular formula is C27H23Cl2F2N3O5S. The Morgan fingerprint density at radius 2 is 1.62 bits per heavy atom. The van der Waals surface area contributed by atoms with Crippen LogP contribution in [-0.4, -0.2) is 50.9 Å². The number of hydrogen-bond donors (Lipinski definition) is 1.